The Balaban J connectivity index is 1.60. The number of likely N-dealkylation sites (tertiary alicyclic amines) is 1. The minimum Gasteiger partial charge on any atom is -0.382 e. The number of hydrogen-bond acceptors (Lipinski definition) is 6. The normalized spacial score (nSPS) is 18.8. The van der Waals surface area contributed by atoms with Crippen molar-refractivity contribution in [2.24, 2.45) is 0 Å². The summed E-state index contributed by atoms with van der Waals surface area (Å²) in [7, 11) is 0. The molecular formula is C21H16F3N5O2. The maximum Gasteiger partial charge on any atom is 0.406 e. The summed E-state index contributed by atoms with van der Waals surface area (Å²) in [6.07, 6.45) is -1.57. The molecule has 1 amide bonds. The minimum atomic E-state index is -4.54. The van der Waals surface area contributed by atoms with Crippen molar-refractivity contribution in [2.75, 3.05) is 18.8 Å². The van der Waals surface area contributed by atoms with Gasteiger partial charge in [-0.1, -0.05) is 24.0 Å². The molecule has 7 nitrogen and oxygen atoms in total. The van der Waals surface area contributed by atoms with Crippen molar-refractivity contribution in [3.63, 3.8) is 0 Å². The van der Waals surface area contributed by atoms with E-state index >= 15 is 0 Å². The van der Waals surface area contributed by atoms with Gasteiger partial charge >= 0.3 is 6.18 Å². The predicted octanol–water partition coefficient (Wildman–Crippen LogP) is 2.15. The lowest BCUT2D eigenvalue weighted by Gasteiger charge is -2.19. The van der Waals surface area contributed by atoms with Gasteiger partial charge in [-0.2, -0.15) is 13.2 Å². The Morgan fingerprint density at radius 1 is 1.26 bits per heavy atom. The zero-order valence-electron chi connectivity index (χ0n) is 16.0. The maximum absolute atomic E-state index is 12.6. The second-order valence-electron chi connectivity index (χ2n) is 7.11. The highest BCUT2D eigenvalue weighted by atomic mass is 19.4. The smallest absolute Gasteiger partial charge is 0.382 e. The molecule has 0 aliphatic carbocycles. The first-order chi connectivity index (χ1) is 14.6. The first-order valence-corrected chi connectivity index (χ1v) is 9.24. The van der Waals surface area contributed by atoms with Crippen LogP contribution in [0.3, 0.4) is 0 Å². The number of amides is 1. The van der Waals surface area contributed by atoms with Crippen LogP contribution < -0.4 is 5.73 Å². The van der Waals surface area contributed by atoms with Crippen molar-refractivity contribution < 1.29 is 23.1 Å². The third-order valence-corrected chi connectivity index (χ3v) is 4.82. The molecule has 1 atom stereocenters. The van der Waals surface area contributed by atoms with E-state index in [1.807, 2.05) is 0 Å². The summed E-state index contributed by atoms with van der Waals surface area (Å²) in [5.74, 6) is 4.71. The molecule has 0 bridgehead atoms. The molecule has 3 N–H and O–H groups in total. The van der Waals surface area contributed by atoms with Gasteiger partial charge in [0.15, 0.2) is 5.82 Å². The Bertz CT molecular complexity index is 1230. The number of carbonyl (C=O) groups is 1. The number of hydrogen-bond donors (Lipinski definition) is 2. The fourth-order valence-corrected chi connectivity index (χ4v) is 3.28. The summed E-state index contributed by atoms with van der Waals surface area (Å²) in [5.41, 5.74) is 5.27. The van der Waals surface area contributed by atoms with E-state index < -0.39 is 24.2 Å². The van der Waals surface area contributed by atoms with E-state index in [2.05, 4.69) is 26.8 Å². The number of nitrogens with two attached hydrogens (primary N) is 1. The van der Waals surface area contributed by atoms with Crippen molar-refractivity contribution >= 4 is 22.6 Å². The molecule has 1 aromatic carbocycles. The van der Waals surface area contributed by atoms with Crippen molar-refractivity contribution in [2.45, 2.75) is 18.2 Å². The Kier molecular flexibility index (Phi) is 4.99. The summed E-state index contributed by atoms with van der Waals surface area (Å²) in [6, 6.07) is 8.47. The SMILES string of the molecule is Nc1nccc2cnc(-c3cccc(C#C[C@@]4(O)CCN(CC(F)(F)F)C4=O)c3)nc12. The largest absolute Gasteiger partial charge is 0.406 e. The highest BCUT2D eigenvalue weighted by Gasteiger charge is 2.47. The molecule has 3 aromatic rings. The zero-order valence-corrected chi connectivity index (χ0v) is 16.0. The van der Waals surface area contributed by atoms with Crippen LogP contribution in [0, 0.1) is 11.8 Å². The highest BCUT2D eigenvalue weighted by Crippen LogP contribution is 2.27. The molecule has 3 heterocycles. The van der Waals surface area contributed by atoms with Gasteiger partial charge in [-0.3, -0.25) is 4.79 Å². The molecule has 158 valence electrons. The van der Waals surface area contributed by atoms with Crippen molar-refractivity contribution in [1.82, 2.24) is 19.9 Å². The number of carbonyl (C=O) groups excluding carboxylic acids is 1. The summed E-state index contributed by atoms with van der Waals surface area (Å²) in [4.78, 5) is 25.5. The van der Waals surface area contributed by atoms with Crippen LogP contribution in [0.25, 0.3) is 22.3 Å². The van der Waals surface area contributed by atoms with Crippen LogP contribution in [0.4, 0.5) is 19.0 Å². The molecule has 0 radical (unpaired) electrons. The van der Waals surface area contributed by atoms with Crippen molar-refractivity contribution in [1.29, 1.82) is 0 Å². The fraction of sp³-hybridized carbons (Fsp3) is 0.238. The Morgan fingerprint density at radius 2 is 2.06 bits per heavy atom. The van der Waals surface area contributed by atoms with Crippen LogP contribution in [0.2, 0.25) is 0 Å². The van der Waals surface area contributed by atoms with Gasteiger partial charge in [0, 0.05) is 41.9 Å². The number of pyridine rings is 1. The molecule has 0 saturated carbocycles. The van der Waals surface area contributed by atoms with Crippen molar-refractivity contribution in [3.05, 3.63) is 48.3 Å². The van der Waals surface area contributed by atoms with Gasteiger partial charge < -0.3 is 15.7 Å². The van der Waals surface area contributed by atoms with Crippen LogP contribution >= 0.6 is 0 Å². The van der Waals surface area contributed by atoms with E-state index in [9.17, 15) is 23.1 Å². The first-order valence-electron chi connectivity index (χ1n) is 9.24. The Morgan fingerprint density at radius 3 is 2.84 bits per heavy atom. The second kappa shape index (κ2) is 7.52. The molecule has 2 aromatic heterocycles. The van der Waals surface area contributed by atoms with Crippen LogP contribution in [-0.4, -0.2) is 55.7 Å². The monoisotopic (exact) mass is 427 g/mol. The number of aromatic nitrogens is 3. The van der Waals surface area contributed by atoms with Gasteiger partial charge in [0.25, 0.3) is 5.91 Å². The highest BCUT2D eigenvalue weighted by molar-refractivity contribution is 5.91. The number of nitrogens with zero attached hydrogens (tertiary/aromatic N) is 4. The van der Waals surface area contributed by atoms with Gasteiger partial charge in [-0.05, 0) is 18.2 Å². The topological polar surface area (TPSA) is 105 Å². The molecule has 4 rings (SSSR count). The molecule has 31 heavy (non-hydrogen) atoms. The molecule has 0 unspecified atom stereocenters. The maximum atomic E-state index is 12.6. The average molecular weight is 427 g/mol. The van der Waals surface area contributed by atoms with Gasteiger partial charge in [0.1, 0.15) is 17.9 Å². The van der Waals surface area contributed by atoms with Crippen LogP contribution in [0.1, 0.15) is 12.0 Å². The lowest BCUT2D eigenvalue weighted by atomic mass is 10.0. The van der Waals surface area contributed by atoms with Crippen LogP contribution in [0.15, 0.2) is 42.7 Å². The second-order valence-corrected chi connectivity index (χ2v) is 7.11. The zero-order chi connectivity index (χ0) is 22.2. The lowest BCUT2D eigenvalue weighted by molar-refractivity contribution is -0.162. The summed E-state index contributed by atoms with van der Waals surface area (Å²) < 4.78 is 37.7. The molecule has 1 aliphatic rings. The van der Waals surface area contributed by atoms with E-state index in [0.29, 0.717) is 27.4 Å². The number of benzene rings is 1. The number of fused-ring (bicyclic) bond motifs is 1. The average Bonchev–Trinajstić information content (AvgIpc) is 3.00. The van der Waals surface area contributed by atoms with Gasteiger partial charge in [0.2, 0.25) is 5.60 Å². The third-order valence-electron chi connectivity index (χ3n) is 4.82. The predicted molar refractivity (Wildman–Crippen MR) is 106 cm³/mol. The van der Waals surface area contributed by atoms with Crippen LogP contribution in [0.5, 0.6) is 0 Å². The van der Waals surface area contributed by atoms with E-state index in [-0.39, 0.29) is 18.8 Å². The van der Waals surface area contributed by atoms with E-state index in [1.54, 1.807) is 42.7 Å². The summed E-state index contributed by atoms with van der Waals surface area (Å²) in [6.45, 7) is -1.63. The van der Waals surface area contributed by atoms with Gasteiger partial charge in [-0.15, -0.1) is 0 Å². The number of rotatable bonds is 2. The summed E-state index contributed by atoms with van der Waals surface area (Å²) in [5, 5.41) is 11.2. The number of nitrogen functional groups attached to an aromatic ring is 1. The third kappa shape index (κ3) is 4.27. The van der Waals surface area contributed by atoms with E-state index in [4.69, 9.17) is 5.73 Å². The van der Waals surface area contributed by atoms with Crippen LogP contribution in [-0.2, 0) is 4.79 Å². The lowest BCUT2D eigenvalue weighted by Crippen LogP contribution is -2.42. The molecule has 1 fully saturated rings. The fourth-order valence-electron chi connectivity index (χ4n) is 3.28. The number of halogens is 3. The standard InChI is InChI=1S/C21H16F3N5O2/c22-21(23,24)12-29-9-7-20(31,19(29)30)6-4-13-2-1-3-14(10-13)18-27-11-15-5-8-26-17(25)16(15)28-18/h1-3,5,8,10-11,31H,7,9,12H2,(H2,25,26)/t20-/m1/s1. The van der Waals surface area contributed by atoms with E-state index in [1.165, 1.54) is 0 Å². The summed E-state index contributed by atoms with van der Waals surface area (Å²) >= 11 is 0. The van der Waals surface area contributed by atoms with Gasteiger partial charge in [0.05, 0.1) is 0 Å². The number of anilines is 1. The van der Waals surface area contributed by atoms with Gasteiger partial charge in [-0.25, -0.2) is 15.0 Å². The Labute approximate surface area is 174 Å². The molecule has 1 saturated heterocycles. The first kappa shape index (κ1) is 20.6. The molecule has 1 aliphatic heterocycles. The minimum absolute atomic E-state index is 0.200. The number of alkyl halides is 3. The number of aliphatic hydroxyl groups is 1. The molecular weight excluding hydrogens is 411 g/mol. The van der Waals surface area contributed by atoms with Crippen molar-refractivity contribution in [3.8, 4) is 23.2 Å². The molecule has 0 spiro atoms. The molecule has 10 heteroatoms. The Hall–Kier alpha value is -3.71. The quantitative estimate of drug-likeness (QED) is 0.608. The van der Waals surface area contributed by atoms with E-state index in [0.717, 1.165) is 5.39 Å².